The lowest BCUT2D eigenvalue weighted by molar-refractivity contribution is -0.386. The van der Waals surface area contributed by atoms with E-state index in [1.807, 2.05) is 0 Å². The summed E-state index contributed by atoms with van der Waals surface area (Å²) < 4.78 is 10.0. The monoisotopic (exact) mass is 324 g/mol. The van der Waals surface area contributed by atoms with Crippen molar-refractivity contribution in [3.63, 3.8) is 0 Å². The summed E-state index contributed by atoms with van der Waals surface area (Å²) in [6.45, 7) is 0.216. The molecule has 1 N–H and O–H groups in total. The Labute approximate surface area is 131 Å². The van der Waals surface area contributed by atoms with Crippen LogP contribution in [0.4, 0.5) is 5.69 Å². The Morgan fingerprint density at radius 3 is 2.43 bits per heavy atom. The maximum Gasteiger partial charge on any atom is 0.327 e. The summed E-state index contributed by atoms with van der Waals surface area (Å²) in [7, 11) is 2.53. The van der Waals surface area contributed by atoms with Gasteiger partial charge < -0.3 is 19.5 Å². The van der Waals surface area contributed by atoms with Gasteiger partial charge in [0.15, 0.2) is 11.3 Å². The molecule has 1 aliphatic rings. The minimum Gasteiger partial charge on any atom is -0.496 e. The molecule has 1 aromatic carbocycles. The Morgan fingerprint density at radius 1 is 1.30 bits per heavy atom. The lowest BCUT2D eigenvalue weighted by Gasteiger charge is -2.22. The normalized spacial score (nSPS) is 17.0. The maximum absolute atomic E-state index is 12.8. The van der Waals surface area contributed by atoms with Gasteiger partial charge >= 0.3 is 11.7 Å². The van der Waals surface area contributed by atoms with Crippen molar-refractivity contribution in [3.8, 4) is 11.5 Å². The van der Waals surface area contributed by atoms with Crippen molar-refractivity contribution in [2.24, 2.45) is 0 Å². The van der Waals surface area contributed by atoms with Gasteiger partial charge in [0.25, 0.3) is 5.91 Å². The smallest absolute Gasteiger partial charge is 0.327 e. The summed E-state index contributed by atoms with van der Waals surface area (Å²) >= 11 is 0. The number of nitro groups is 1. The molecule has 2 rings (SSSR count). The number of aliphatic carboxylic acids is 1. The number of rotatable bonds is 5. The Bertz CT molecular complexity index is 659. The number of amides is 1. The molecule has 0 aromatic heterocycles. The van der Waals surface area contributed by atoms with Crippen LogP contribution >= 0.6 is 0 Å². The summed E-state index contributed by atoms with van der Waals surface area (Å²) in [6, 6.07) is 1.70. The summed E-state index contributed by atoms with van der Waals surface area (Å²) in [5, 5.41) is 20.6. The maximum atomic E-state index is 12.8. The van der Waals surface area contributed by atoms with Crippen molar-refractivity contribution in [1.29, 1.82) is 0 Å². The van der Waals surface area contributed by atoms with Crippen molar-refractivity contribution in [3.05, 3.63) is 27.8 Å². The summed E-state index contributed by atoms with van der Waals surface area (Å²) in [5.41, 5.74) is -0.835. The number of benzene rings is 1. The largest absolute Gasteiger partial charge is 0.496 e. The number of ether oxygens (including phenoxy) is 2. The fourth-order valence-electron chi connectivity index (χ4n) is 2.69. The third-order valence-electron chi connectivity index (χ3n) is 3.74. The molecule has 1 amide bonds. The van der Waals surface area contributed by atoms with Gasteiger partial charge in [-0.3, -0.25) is 14.9 Å². The molecule has 0 aliphatic carbocycles. The van der Waals surface area contributed by atoms with Crippen LogP contribution in [0.3, 0.4) is 0 Å². The van der Waals surface area contributed by atoms with E-state index in [2.05, 4.69) is 0 Å². The van der Waals surface area contributed by atoms with Crippen LogP contribution in [-0.4, -0.2) is 53.6 Å². The van der Waals surface area contributed by atoms with Gasteiger partial charge in [-0.25, -0.2) is 4.79 Å². The first-order valence-electron chi connectivity index (χ1n) is 6.85. The molecule has 1 aliphatic heterocycles. The number of nitro benzene ring substituents is 1. The average Bonchev–Trinajstić information content (AvgIpc) is 3.02. The molecule has 1 saturated heterocycles. The number of likely N-dealkylation sites (tertiary alicyclic amines) is 1. The van der Waals surface area contributed by atoms with E-state index >= 15 is 0 Å². The third-order valence-corrected chi connectivity index (χ3v) is 3.74. The van der Waals surface area contributed by atoms with Crippen molar-refractivity contribution in [2.75, 3.05) is 20.8 Å². The lowest BCUT2D eigenvalue weighted by Crippen LogP contribution is -2.40. The number of carbonyl (C=O) groups excluding carboxylic acids is 1. The van der Waals surface area contributed by atoms with Crippen LogP contribution in [0.15, 0.2) is 12.1 Å². The predicted molar refractivity (Wildman–Crippen MR) is 77.9 cm³/mol. The Hall–Kier alpha value is -2.84. The molecular weight excluding hydrogens is 308 g/mol. The highest BCUT2D eigenvalue weighted by atomic mass is 16.6. The van der Waals surface area contributed by atoms with E-state index in [1.165, 1.54) is 26.4 Å². The van der Waals surface area contributed by atoms with Crippen LogP contribution in [0.1, 0.15) is 23.2 Å². The lowest BCUT2D eigenvalue weighted by atomic mass is 10.1. The molecule has 0 radical (unpaired) electrons. The molecule has 1 aromatic rings. The van der Waals surface area contributed by atoms with E-state index in [-0.39, 0.29) is 23.6 Å². The molecule has 23 heavy (non-hydrogen) atoms. The van der Waals surface area contributed by atoms with Crippen LogP contribution in [-0.2, 0) is 4.79 Å². The number of carboxylic acid groups (broad SMARTS) is 1. The van der Waals surface area contributed by atoms with E-state index < -0.39 is 28.5 Å². The van der Waals surface area contributed by atoms with Crippen LogP contribution < -0.4 is 9.47 Å². The number of hydrogen-bond donors (Lipinski definition) is 1. The van der Waals surface area contributed by atoms with E-state index in [9.17, 15) is 24.8 Å². The van der Waals surface area contributed by atoms with Gasteiger partial charge in [-0.2, -0.15) is 0 Å². The molecule has 124 valence electrons. The summed E-state index contributed by atoms with van der Waals surface area (Å²) in [6.07, 6.45) is 0.823. The fraction of sp³-hybridized carbons (Fsp3) is 0.429. The van der Waals surface area contributed by atoms with E-state index in [0.29, 0.717) is 12.8 Å². The van der Waals surface area contributed by atoms with Crippen molar-refractivity contribution in [1.82, 2.24) is 4.90 Å². The predicted octanol–water partition coefficient (Wildman–Crippen LogP) is 1.30. The van der Waals surface area contributed by atoms with Crippen LogP contribution in [0.5, 0.6) is 11.5 Å². The second kappa shape index (κ2) is 6.51. The molecule has 1 heterocycles. The van der Waals surface area contributed by atoms with Crippen molar-refractivity contribution in [2.45, 2.75) is 18.9 Å². The third kappa shape index (κ3) is 2.89. The topological polar surface area (TPSA) is 119 Å². The first-order valence-corrected chi connectivity index (χ1v) is 6.85. The molecule has 0 spiro atoms. The number of hydrogen-bond acceptors (Lipinski definition) is 6. The van der Waals surface area contributed by atoms with Gasteiger partial charge in [-0.05, 0) is 25.0 Å². The zero-order valence-corrected chi connectivity index (χ0v) is 12.6. The molecular formula is C14H16N2O7. The Morgan fingerprint density at radius 2 is 1.91 bits per heavy atom. The molecule has 9 heteroatoms. The number of nitrogens with zero attached hydrogens (tertiary/aromatic N) is 2. The van der Waals surface area contributed by atoms with E-state index in [4.69, 9.17) is 9.47 Å². The molecule has 1 atom stereocenters. The highest BCUT2D eigenvalue weighted by Gasteiger charge is 2.39. The minimum atomic E-state index is -1.14. The second-order valence-corrected chi connectivity index (χ2v) is 4.95. The second-order valence-electron chi connectivity index (χ2n) is 4.95. The van der Waals surface area contributed by atoms with Crippen molar-refractivity contribution < 1.29 is 29.1 Å². The van der Waals surface area contributed by atoms with Gasteiger partial charge in [0.1, 0.15) is 11.8 Å². The zero-order chi connectivity index (χ0) is 17.1. The van der Waals surface area contributed by atoms with E-state index in [0.717, 1.165) is 4.90 Å². The summed E-state index contributed by atoms with van der Waals surface area (Å²) in [4.78, 5) is 35.8. The summed E-state index contributed by atoms with van der Waals surface area (Å²) in [5.74, 6) is -1.98. The number of carboxylic acids is 1. The Kier molecular flexibility index (Phi) is 4.68. The fourth-order valence-corrected chi connectivity index (χ4v) is 2.69. The van der Waals surface area contributed by atoms with Crippen LogP contribution in [0.2, 0.25) is 0 Å². The van der Waals surface area contributed by atoms with Crippen molar-refractivity contribution >= 4 is 17.6 Å². The highest BCUT2D eigenvalue weighted by molar-refractivity contribution is 6.03. The van der Waals surface area contributed by atoms with Crippen LogP contribution in [0, 0.1) is 10.1 Å². The quantitative estimate of drug-likeness (QED) is 0.640. The molecule has 0 bridgehead atoms. The van der Waals surface area contributed by atoms with Gasteiger partial charge in [-0.1, -0.05) is 0 Å². The molecule has 9 nitrogen and oxygen atoms in total. The SMILES string of the molecule is COc1ccc(OC)c([N+](=O)[O-])c1C(=O)N1CCC[C@H]1C(=O)O. The average molecular weight is 324 g/mol. The Balaban J connectivity index is 2.58. The first-order chi connectivity index (χ1) is 10.9. The molecule has 0 saturated carbocycles. The molecule has 0 unspecified atom stereocenters. The molecule has 1 fully saturated rings. The highest BCUT2D eigenvalue weighted by Crippen LogP contribution is 2.38. The first kappa shape index (κ1) is 16.5. The standard InChI is InChI=1S/C14H16N2O7/c1-22-9-5-6-10(23-2)12(16(20)21)11(9)13(17)15-7-3-4-8(15)14(18)19/h5-6,8H,3-4,7H2,1-2H3,(H,18,19)/t8-/m0/s1. The van der Waals surface area contributed by atoms with Gasteiger partial charge in [0.05, 0.1) is 19.1 Å². The number of methoxy groups -OCH3 is 2. The van der Waals surface area contributed by atoms with Gasteiger partial charge in [0.2, 0.25) is 0 Å². The zero-order valence-electron chi connectivity index (χ0n) is 12.6. The van der Waals surface area contributed by atoms with Crippen LogP contribution in [0.25, 0.3) is 0 Å². The minimum absolute atomic E-state index is 0.00135. The van der Waals surface area contributed by atoms with E-state index in [1.54, 1.807) is 0 Å². The number of carbonyl (C=O) groups is 2. The van der Waals surface area contributed by atoms with Gasteiger partial charge in [0, 0.05) is 6.54 Å². The van der Waals surface area contributed by atoms with Gasteiger partial charge in [-0.15, -0.1) is 0 Å².